The summed E-state index contributed by atoms with van der Waals surface area (Å²) < 4.78 is 0. The lowest BCUT2D eigenvalue weighted by molar-refractivity contribution is -0.117. The maximum Gasteiger partial charge on any atom is 0.258 e. The second kappa shape index (κ2) is 7.00. The van der Waals surface area contributed by atoms with Gasteiger partial charge in [-0.2, -0.15) is 0 Å². The zero-order valence-electron chi connectivity index (χ0n) is 13.7. The predicted octanol–water partition coefficient (Wildman–Crippen LogP) is 3.02. The van der Waals surface area contributed by atoms with Crippen molar-refractivity contribution >= 4 is 34.0 Å². The number of carbonyl (C=O) groups is 2. The maximum absolute atomic E-state index is 12.8. The van der Waals surface area contributed by atoms with Gasteiger partial charge >= 0.3 is 0 Å². The number of nitrogens with zero attached hydrogens (tertiary/aromatic N) is 2. The first kappa shape index (κ1) is 16.4. The topological polar surface area (TPSA) is 74.3 Å². The Hall–Kier alpha value is -2.41. The molecule has 1 atom stereocenters. The number of rotatable bonds is 5. The minimum Gasteiger partial charge on any atom is -0.364 e. The number of thiazole rings is 1. The second-order valence-electron chi connectivity index (χ2n) is 6.15. The van der Waals surface area contributed by atoms with E-state index in [2.05, 4.69) is 29.5 Å². The molecule has 2 aromatic rings. The first-order chi connectivity index (χ1) is 11.5. The fourth-order valence-corrected chi connectivity index (χ4v) is 3.31. The fourth-order valence-electron chi connectivity index (χ4n) is 2.76. The Balaban J connectivity index is 1.79. The Morgan fingerprint density at radius 2 is 2.21 bits per heavy atom. The molecule has 2 amide bonds. The third kappa shape index (κ3) is 3.56. The van der Waals surface area contributed by atoms with Gasteiger partial charge in [0.05, 0.1) is 5.56 Å². The number of anilines is 2. The predicted molar refractivity (Wildman–Crippen MR) is 95.1 cm³/mol. The van der Waals surface area contributed by atoms with Gasteiger partial charge in [-0.3, -0.25) is 9.59 Å². The van der Waals surface area contributed by atoms with Crippen molar-refractivity contribution in [2.75, 3.05) is 17.2 Å². The van der Waals surface area contributed by atoms with E-state index in [0.29, 0.717) is 16.6 Å². The van der Waals surface area contributed by atoms with Crippen LogP contribution in [-0.4, -0.2) is 34.4 Å². The van der Waals surface area contributed by atoms with Crippen LogP contribution in [0.15, 0.2) is 35.8 Å². The number of hydrogen-bond donors (Lipinski definition) is 2. The van der Waals surface area contributed by atoms with Gasteiger partial charge in [-0.05, 0) is 24.5 Å². The Morgan fingerprint density at radius 1 is 1.42 bits per heavy atom. The zero-order chi connectivity index (χ0) is 17.1. The highest BCUT2D eigenvalue weighted by atomic mass is 32.1. The number of benzene rings is 1. The molecule has 1 aliphatic heterocycles. The van der Waals surface area contributed by atoms with Crippen LogP contribution < -0.4 is 10.6 Å². The van der Waals surface area contributed by atoms with Crippen molar-refractivity contribution in [3.63, 3.8) is 0 Å². The standard InChI is InChI=1S/C17H20N4O2S/c1-11(2)9-14-19-13-6-4-3-5-12(13)16(23)21(14)10-15(22)20-17-18-7-8-24-17/h3-8,11,14,19H,9-10H2,1-2H3,(H,18,20,22). The van der Waals surface area contributed by atoms with Gasteiger partial charge in [-0.15, -0.1) is 11.3 Å². The number of aromatic nitrogens is 1. The van der Waals surface area contributed by atoms with Crippen LogP contribution in [0.1, 0.15) is 30.6 Å². The fraction of sp³-hybridized carbons (Fsp3) is 0.353. The smallest absolute Gasteiger partial charge is 0.258 e. The molecular formula is C17H20N4O2S. The first-order valence-electron chi connectivity index (χ1n) is 7.90. The van der Waals surface area contributed by atoms with Crippen LogP contribution in [0.25, 0.3) is 0 Å². The van der Waals surface area contributed by atoms with Gasteiger partial charge in [0.15, 0.2) is 5.13 Å². The molecular weight excluding hydrogens is 324 g/mol. The lowest BCUT2D eigenvalue weighted by Gasteiger charge is -2.38. The first-order valence-corrected chi connectivity index (χ1v) is 8.78. The van der Waals surface area contributed by atoms with Crippen molar-refractivity contribution in [2.24, 2.45) is 5.92 Å². The number of fused-ring (bicyclic) bond motifs is 1. The molecule has 6 nitrogen and oxygen atoms in total. The van der Waals surface area contributed by atoms with E-state index in [1.54, 1.807) is 22.5 Å². The van der Waals surface area contributed by atoms with Crippen LogP contribution in [-0.2, 0) is 4.79 Å². The minimum atomic E-state index is -0.242. The van der Waals surface area contributed by atoms with Crippen molar-refractivity contribution in [1.29, 1.82) is 0 Å². The summed E-state index contributed by atoms with van der Waals surface area (Å²) >= 11 is 1.35. The third-order valence-corrected chi connectivity index (χ3v) is 4.49. The van der Waals surface area contributed by atoms with Crippen LogP contribution in [0, 0.1) is 5.92 Å². The summed E-state index contributed by atoms with van der Waals surface area (Å²) in [5.74, 6) is 0.0302. The van der Waals surface area contributed by atoms with Crippen LogP contribution in [0.3, 0.4) is 0 Å². The Bertz CT molecular complexity index is 730. The Morgan fingerprint density at radius 3 is 2.92 bits per heavy atom. The summed E-state index contributed by atoms with van der Waals surface area (Å²) in [7, 11) is 0. The summed E-state index contributed by atoms with van der Waals surface area (Å²) in [5, 5.41) is 8.45. The van der Waals surface area contributed by atoms with E-state index in [0.717, 1.165) is 12.1 Å². The molecule has 1 unspecified atom stereocenters. The third-order valence-electron chi connectivity index (χ3n) is 3.80. The van der Waals surface area contributed by atoms with Crippen LogP contribution in [0.4, 0.5) is 10.8 Å². The number of carbonyl (C=O) groups excluding carboxylic acids is 2. The molecule has 0 saturated carbocycles. The van der Waals surface area contributed by atoms with Crippen molar-refractivity contribution in [2.45, 2.75) is 26.4 Å². The van der Waals surface area contributed by atoms with Gasteiger partial charge in [-0.25, -0.2) is 4.98 Å². The molecule has 126 valence electrons. The highest BCUT2D eigenvalue weighted by Crippen LogP contribution is 2.27. The molecule has 3 rings (SSSR count). The lowest BCUT2D eigenvalue weighted by atomic mass is 10.0. The van der Waals surface area contributed by atoms with E-state index in [1.165, 1.54) is 11.3 Å². The molecule has 2 heterocycles. The highest BCUT2D eigenvalue weighted by molar-refractivity contribution is 7.13. The van der Waals surface area contributed by atoms with E-state index in [-0.39, 0.29) is 24.5 Å². The summed E-state index contributed by atoms with van der Waals surface area (Å²) in [5.41, 5.74) is 1.42. The normalized spacial score (nSPS) is 16.7. The number of hydrogen-bond acceptors (Lipinski definition) is 5. The maximum atomic E-state index is 12.8. The minimum absolute atomic E-state index is 0.00284. The average molecular weight is 344 g/mol. The van der Waals surface area contributed by atoms with Gasteiger partial charge in [0, 0.05) is 17.3 Å². The van der Waals surface area contributed by atoms with E-state index in [1.807, 2.05) is 18.2 Å². The zero-order valence-corrected chi connectivity index (χ0v) is 14.5. The molecule has 0 aliphatic carbocycles. The highest BCUT2D eigenvalue weighted by Gasteiger charge is 2.33. The quantitative estimate of drug-likeness (QED) is 0.874. The van der Waals surface area contributed by atoms with Crippen molar-refractivity contribution in [1.82, 2.24) is 9.88 Å². The molecule has 0 spiro atoms. The summed E-state index contributed by atoms with van der Waals surface area (Å²) in [6.07, 6.45) is 2.20. The Labute approximate surface area is 144 Å². The van der Waals surface area contributed by atoms with Crippen LogP contribution >= 0.6 is 11.3 Å². The molecule has 1 aromatic heterocycles. The van der Waals surface area contributed by atoms with Gasteiger partial charge in [0.2, 0.25) is 5.91 Å². The molecule has 0 fully saturated rings. The van der Waals surface area contributed by atoms with Gasteiger partial charge < -0.3 is 15.5 Å². The summed E-state index contributed by atoms with van der Waals surface area (Å²) in [4.78, 5) is 30.8. The molecule has 0 bridgehead atoms. The molecule has 1 aliphatic rings. The number of amides is 2. The second-order valence-corrected chi connectivity index (χ2v) is 7.05. The van der Waals surface area contributed by atoms with Gasteiger partial charge in [-0.1, -0.05) is 26.0 Å². The molecule has 1 aromatic carbocycles. The van der Waals surface area contributed by atoms with Crippen molar-refractivity contribution in [3.05, 3.63) is 41.4 Å². The number of para-hydroxylation sites is 1. The SMILES string of the molecule is CC(C)CC1Nc2ccccc2C(=O)N1CC(=O)Nc1nccs1. The number of nitrogens with one attached hydrogen (secondary N) is 2. The van der Waals surface area contributed by atoms with Crippen LogP contribution in [0.5, 0.6) is 0 Å². The average Bonchev–Trinajstić information content (AvgIpc) is 3.03. The monoisotopic (exact) mass is 344 g/mol. The van der Waals surface area contributed by atoms with Gasteiger partial charge in [0.25, 0.3) is 5.91 Å². The lowest BCUT2D eigenvalue weighted by Crippen LogP contribution is -2.52. The van der Waals surface area contributed by atoms with E-state index >= 15 is 0 Å². The van der Waals surface area contributed by atoms with Crippen molar-refractivity contribution in [3.8, 4) is 0 Å². The molecule has 7 heteroatoms. The van der Waals surface area contributed by atoms with Crippen molar-refractivity contribution < 1.29 is 9.59 Å². The largest absolute Gasteiger partial charge is 0.364 e. The molecule has 0 radical (unpaired) electrons. The molecule has 24 heavy (non-hydrogen) atoms. The van der Waals surface area contributed by atoms with Gasteiger partial charge in [0.1, 0.15) is 12.7 Å². The van der Waals surface area contributed by atoms with Crippen LogP contribution in [0.2, 0.25) is 0 Å². The molecule has 2 N–H and O–H groups in total. The van der Waals surface area contributed by atoms with E-state index in [4.69, 9.17) is 0 Å². The van der Waals surface area contributed by atoms with E-state index < -0.39 is 0 Å². The summed E-state index contributed by atoms with van der Waals surface area (Å²) in [6.45, 7) is 4.19. The summed E-state index contributed by atoms with van der Waals surface area (Å²) in [6, 6.07) is 7.40. The Kier molecular flexibility index (Phi) is 4.80. The molecule has 0 saturated heterocycles. The van der Waals surface area contributed by atoms with E-state index in [9.17, 15) is 9.59 Å².